The SMILES string of the molecule is Cc1cc(F)c(Br)cc1Nc1cc(C)c(N)c(C(=O)O)c1. The van der Waals surface area contributed by atoms with Crippen molar-refractivity contribution >= 4 is 39.0 Å². The second-order valence-electron chi connectivity index (χ2n) is 4.77. The Kier molecular flexibility index (Phi) is 4.18. The first kappa shape index (κ1) is 15.3. The predicted molar refractivity (Wildman–Crippen MR) is 84.7 cm³/mol. The molecule has 0 fully saturated rings. The molecule has 6 heteroatoms. The highest BCUT2D eigenvalue weighted by Gasteiger charge is 2.13. The number of nitrogens with two attached hydrogens (primary N) is 1. The summed E-state index contributed by atoms with van der Waals surface area (Å²) in [5, 5.41) is 12.2. The summed E-state index contributed by atoms with van der Waals surface area (Å²) in [5.74, 6) is -1.44. The standard InChI is InChI=1S/C15H14BrFN2O2/c1-7-4-12(17)11(16)6-13(7)19-9-3-8(2)14(18)10(5-9)15(20)21/h3-6,19H,18H2,1-2H3,(H,20,21). The number of carbonyl (C=O) groups is 1. The van der Waals surface area contributed by atoms with Gasteiger partial charge in [-0.1, -0.05) is 0 Å². The number of hydrogen-bond donors (Lipinski definition) is 3. The lowest BCUT2D eigenvalue weighted by Crippen LogP contribution is -2.06. The highest BCUT2D eigenvalue weighted by atomic mass is 79.9. The maximum Gasteiger partial charge on any atom is 0.337 e. The molecule has 0 saturated heterocycles. The fourth-order valence-corrected chi connectivity index (χ4v) is 2.33. The van der Waals surface area contributed by atoms with E-state index in [1.807, 2.05) is 0 Å². The highest BCUT2D eigenvalue weighted by Crippen LogP contribution is 2.29. The van der Waals surface area contributed by atoms with Gasteiger partial charge < -0.3 is 16.2 Å². The topological polar surface area (TPSA) is 75.3 Å². The number of carboxylic acid groups (broad SMARTS) is 1. The molecule has 0 aliphatic heterocycles. The summed E-state index contributed by atoms with van der Waals surface area (Å²) < 4.78 is 13.8. The second-order valence-corrected chi connectivity index (χ2v) is 5.62. The van der Waals surface area contributed by atoms with Crippen molar-refractivity contribution in [2.75, 3.05) is 11.1 Å². The summed E-state index contributed by atoms with van der Waals surface area (Å²) in [6.07, 6.45) is 0. The molecule has 0 heterocycles. The van der Waals surface area contributed by atoms with Gasteiger partial charge in [0.05, 0.1) is 10.0 Å². The molecule has 0 bridgehead atoms. The molecule has 21 heavy (non-hydrogen) atoms. The van der Waals surface area contributed by atoms with Crippen molar-refractivity contribution in [2.45, 2.75) is 13.8 Å². The maximum atomic E-state index is 13.4. The number of nitrogen functional groups attached to an aromatic ring is 1. The first-order chi connectivity index (χ1) is 9.79. The fourth-order valence-electron chi connectivity index (χ4n) is 1.98. The zero-order valence-electron chi connectivity index (χ0n) is 11.5. The molecule has 0 saturated carbocycles. The van der Waals surface area contributed by atoms with Crippen LogP contribution in [0.5, 0.6) is 0 Å². The van der Waals surface area contributed by atoms with Gasteiger partial charge in [-0.25, -0.2) is 9.18 Å². The molecule has 2 aromatic carbocycles. The Hall–Kier alpha value is -2.08. The smallest absolute Gasteiger partial charge is 0.337 e. The maximum absolute atomic E-state index is 13.4. The van der Waals surface area contributed by atoms with Gasteiger partial charge in [-0.2, -0.15) is 0 Å². The van der Waals surface area contributed by atoms with Gasteiger partial charge in [-0.15, -0.1) is 0 Å². The lowest BCUT2D eigenvalue weighted by Gasteiger charge is -2.13. The van der Waals surface area contributed by atoms with Gasteiger partial charge in [0.1, 0.15) is 5.82 Å². The Morgan fingerprint density at radius 3 is 2.52 bits per heavy atom. The predicted octanol–water partition coefficient (Wildman–Crippen LogP) is 4.23. The summed E-state index contributed by atoms with van der Waals surface area (Å²) in [6.45, 7) is 3.50. The van der Waals surface area contributed by atoms with Crippen LogP contribution in [0.15, 0.2) is 28.7 Å². The Morgan fingerprint density at radius 1 is 1.24 bits per heavy atom. The first-order valence-corrected chi connectivity index (χ1v) is 6.95. The molecule has 0 aromatic heterocycles. The highest BCUT2D eigenvalue weighted by molar-refractivity contribution is 9.10. The van der Waals surface area contributed by atoms with Crippen LogP contribution in [0.2, 0.25) is 0 Å². The number of halogens is 2. The molecule has 0 aliphatic rings. The molecule has 0 radical (unpaired) electrons. The van der Waals surface area contributed by atoms with Crippen LogP contribution in [0.1, 0.15) is 21.5 Å². The number of anilines is 3. The molecule has 0 spiro atoms. The molecule has 0 unspecified atom stereocenters. The largest absolute Gasteiger partial charge is 0.478 e. The van der Waals surface area contributed by atoms with E-state index in [2.05, 4.69) is 21.2 Å². The number of aryl methyl sites for hydroxylation is 2. The molecule has 0 aliphatic carbocycles. The molecule has 4 nitrogen and oxygen atoms in total. The average Bonchev–Trinajstić information content (AvgIpc) is 2.39. The van der Waals surface area contributed by atoms with Gasteiger partial charge in [0.25, 0.3) is 0 Å². The quantitative estimate of drug-likeness (QED) is 0.722. The van der Waals surface area contributed by atoms with Crippen LogP contribution in [-0.4, -0.2) is 11.1 Å². The molecule has 4 N–H and O–H groups in total. The number of benzene rings is 2. The molecule has 2 rings (SSSR count). The van der Waals surface area contributed by atoms with E-state index in [1.54, 1.807) is 26.0 Å². The first-order valence-electron chi connectivity index (χ1n) is 6.15. The second kappa shape index (κ2) is 5.73. The minimum absolute atomic E-state index is 0.0383. The van der Waals surface area contributed by atoms with Gasteiger partial charge in [0.2, 0.25) is 0 Å². The van der Waals surface area contributed by atoms with Crippen molar-refractivity contribution in [1.82, 2.24) is 0 Å². The van der Waals surface area contributed by atoms with E-state index in [-0.39, 0.29) is 17.1 Å². The minimum atomic E-state index is -1.09. The van der Waals surface area contributed by atoms with Crippen molar-refractivity contribution in [1.29, 1.82) is 0 Å². The monoisotopic (exact) mass is 352 g/mol. The zero-order chi connectivity index (χ0) is 15.7. The van der Waals surface area contributed by atoms with Crippen molar-refractivity contribution in [3.8, 4) is 0 Å². The normalized spacial score (nSPS) is 10.5. The van der Waals surface area contributed by atoms with Gasteiger partial charge in [0, 0.05) is 17.1 Å². The van der Waals surface area contributed by atoms with Crippen molar-refractivity contribution in [3.63, 3.8) is 0 Å². The summed E-state index contributed by atoms with van der Waals surface area (Å²) in [7, 11) is 0. The summed E-state index contributed by atoms with van der Waals surface area (Å²) in [5.41, 5.74) is 8.67. The lowest BCUT2D eigenvalue weighted by atomic mass is 10.1. The van der Waals surface area contributed by atoms with Crippen molar-refractivity contribution in [2.24, 2.45) is 0 Å². The van der Waals surface area contributed by atoms with Gasteiger partial charge >= 0.3 is 5.97 Å². The van der Waals surface area contributed by atoms with Crippen LogP contribution < -0.4 is 11.1 Å². The van der Waals surface area contributed by atoms with E-state index in [9.17, 15) is 9.18 Å². The Bertz CT molecular complexity index is 732. The molecule has 110 valence electrons. The summed E-state index contributed by atoms with van der Waals surface area (Å²) in [6, 6.07) is 6.21. The van der Waals surface area contributed by atoms with Crippen LogP contribution >= 0.6 is 15.9 Å². The number of aromatic carboxylic acids is 1. The van der Waals surface area contributed by atoms with Gasteiger partial charge in [0.15, 0.2) is 0 Å². The lowest BCUT2D eigenvalue weighted by molar-refractivity contribution is 0.0698. The van der Waals surface area contributed by atoms with E-state index in [1.165, 1.54) is 12.1 Å². The van der Waals surface area contributed by atoms with Crippen LogP contribution in [-0.2, 0) is 0 Å². The van der Waals surface area contributed by atoms with Crippen LogP contribution in [0, 0.1) is 19.7 Å². The van der Waals surface area contributed by atoms with E-state index in [0.29, 0.717) is 27.0 Å². The Morgan fingerprint density at radius 2 is 1.90 bits per heavy atom. The van der Waals surface area contributed by atoms with Crippen LogP contribution in [0.4, 0.5) is 21.5 Å². The summed E-state index contributed by atoms with van der Waals surface area (Å²) >= 11 is 3.13. The van der Waals surface area contributed by atoms with Gasteiger partial charge in [-0.3, -0.25) is 0 Å². The van der Waals surface area contributed by atoms with Crippen molar-refractivity contribution < 1.29 is 14.3 Å². The molecule has 0 amide bonds. The van der Waals surface area contributed by atoms with E-state index in [0.717, 1.165) is 0 Å². The van der Waals surface area contributed by atoms with E-state index < -0.39 is 5.97 Å². The minimum Gasteiger partial charge on any atom is -0.478 e. The number of rotatable bonds is 3. The Balaban J connectivity index is 2.45. The Labute approximate surface area is 129 Å². The van der Waals surface area contributed by atoms with E-state index >= 15 is 0 Å². The number of hydrogen-bond acceptors (Lipinski definition) is 3. The van der Waals surface area contributed by atoms with Crippen molar-refractivity contribution in [3.05, 3.63) is 51.2 Å². The van der Waals surface area contributed by atoms with E-state index in [4.69, 9.17) is 10.8 Å². The number of nitrogens with one attached hydrogen (secondary N) is 1. The number of carboxylic acids is 1. The summed E-state index contributed by atoms with van der Waals surface area (Å²) in [4.78, 5) is 11.2. The van der Waals surface area contributed by atoms with Crippen LogP contribution in [0.25, 0.3) is 0 Å². The van der Waals surface area contributed by atoms with Gasteiger partial charge in [-0.05, 0) is 65.2 Å². The fraction of sp³-hybridized carbons (Fsp3) is 0.133. The molecular formula is C15H14BrFN2O2. The molecular weight excluding hydrogens is 339 g/mol. The molecule has 0 atom stereocenters. The zero-order valence-corrected chi connectivity index (χ0v) is 13.1. The third kappa shape index (κ3) is 3.16. The van der Waals surface area contributed by atoms with Crippen LogP contribution in [0.3, 0.4) is 0 Å². The average molecular weight is 353 g/mol. The third-order valence-corrected chi connectivity index (χ3v) is 3.77. The molecule has 2 aromatic rings. The third-order valence-electron chi connectivity index (χ3n) is 3.16.